The minimum absolute atomic E-state index is 0.105. The summed E-state index contributed by atoms with van der Waals surface area (Å²) in [5, 5.41) is 2.96. The summed E-state index contributed by atoms with van der Waals surface area (Å²) in [6.45, 7) is 6.39. The molecule has 162 valence electrons. The van der Waals surface area contributed by atoms with Crippen molar-refractivity contribution in [2.24, 2.45) is 5.92 Å². The molecule has 0 unspecified atom stereocenters. The van der Waals surface area contributed by atoms with E-state index in [-0.39, 0.29) is 16.8 Å². The van der Waals surface area contributed by atoms with Gasteiger partial charge in [0.2, 0.25) is 10.0 Å². The van der Waals surface area contributed by atoms with Crippen LogP contribution in [0, 0.1) is 5.92 Å². The molecule has 0 radical (unpaired) electrons. The molecule has 0 bridgehead atoms. The lowest BCUT2D eigenvalue weighted by Gasteiger charge is -2.32. The summed E-state index contributed by atoms with van der Waals surface area (Å²) in [6.07, 6.45) is 2.44. The van der Waals surface area contributed by atoms with Crippen molar-refractivity contribution in [1.82, 2.24) is 9.62 Å². The number of hydrogen-bond donors (Lipinski definition) is 1. The van der Waals surface area contributed by atoms with Crippen molar-refractivity contribution in [2.75, 3.05) is 32.1 Å². The lowest BCUT2D eigenvalue weighted by molar-refractivity contribution is 0.0939. The van der Waals surface area contributed by atoms with Gasteiger partial charge in [0, 0.05) is 38.4 Å². The lowest BCUT2D eigenvalue weighted by atomic mass is 9.98. The second kappa shape index (κ2) is 9.18. The highest BCUT2D eigenvalue weighted by molar-refractivity contribution is 7.89. The Labute approximate surface area is 179 Å². The number of rotatable bonds is 6. The van der Waals surface area contributed by atoms with Gasteiger partial charge in [-0.25, -0.2) is 12.7 Å². The molecule has 3 rings (SSSR count). The van der Waals surface area contributed by atoms with Crippen LogP contribution in [0.25, 0.3) is 0 Å². The SMILES string of the molecule is CC1CCN(c2ccc([C@H](C)NC(=O)c3cccc(S(=O)(=O)N(C)C)c3)cc2)CC1. The molecule has 1 aliphatic heterocycles. The van der Waals surface area contributed by atoms with E-state index in [0.717, 1.165) is 28.9 Å². The molecule has 0 aliphatic carbocycles. The molecule has 1 atom stereocenters. The Morgan fingerprint density at radius 1 is 1.10 bits per heavy atom. The third kappa shape index (κ3) is 5.02. The van der Waals surface area contributed by atoms with E-state index in [1.807, 2.05) is 19.1 Å². The standard InChI is InChI=1S/C23H31N3O3S/c1-17-12-14-26(15-13-17)21-10-8-19(9-11-21)18(2)24-23(27)20-6-5-7-22(16-20)30(28,29)25(3)4/h5-11,16-18H,12-15H2,1-4H3,(H,24,27)/t18-/m0/s1. The second-order valence-corrected chi connectivity index (χ2v) is 10.4. The zero-order valence-corrected chi connectivity index (χ0v) is 18.9. The third-order valence-corrected chi connectivity index (χ3v) is 7.58. The predicted molar refractivity (Wildman–Crippen MR) is 120 cm³/mol. The molecule has 6 nitrogen and oxygen atoms in total. The number of nitrogens with zero attached hydrogens (tertiary/aromatic N) is 2. The van der Waals surface area contributed by atoms with Gasteiger partial charge in [-0.15, -0.1) is 0 Å². The Kier molecular flexibility index (Phi) is 6.83. The van der Waals surface area contributed by atoms with Gasteiger partial charge in [0.15, 0.2) is 0 Å². The maximum Gasteiger partial charge on any atom is 0.251 e. The summed E-state index contributed by atoms with van der Waals surface area (Å²) < 4.78 is 25.8. The van der Waals surface area contributed by atoms with Crippen molar-refractivity contribution < 1.29 is 13.2 Å². The smallest absolute Gasteiger partial charge is 0.251 e. The fourth-order valence-corrected chi connectivity index (χ4v) is 4.56. The van der Waals surface area contributed by atoms with E-state index in [1.54, 1.807) is 12.1 Å². The molecule has 1 heterocycles. The molecular formula is C23H31N3O3S. The number of sulfonamides is 1. The summed E-state index contributed by atoms with van der Waals surface area (Å²) in [6, 6.07) is 14.2. The molecule has 1 fully saturated rings. The highest BCUT2D eigenvalue weighted by Gasteiger charge is 2.20. The van der Waals surface area contributed by atoms with Crippen LogP contribution in [-0.2, 0) is 10.0 Å². The van der Waals surface area contributed by atoms with Crippen LogP contribution in [0.1, 0.15) is 48.7 Å². The van der Waals surface area contributed by atoms with E-state index in [1.165, 1.54) is 44.8 Å². The van der Waals surface area contributed by atoms with E-state index in [2.05, 4.69) is 29.3 Å². The van der Waals surface area contributed by atoms with Gasteiger partial charge in [-0.2, -0.15) is 0 Å². The predicted octanol–water partition coefficient (Wildman–Crippen LogP) is 3.66. The highest BCUT2D eigenvalue weighted by atomic mass is 32.2. The third-order valence-electron chi connectivity index (χ3n) is 5.76. The molecule has 0 aromatic heterocycles. The Morgan fingerprint density at radius 3 is 2.33 bits per heavy atom. The molecule has 1 aliphatic rings. The summed E-state index contributed by atoms with van der Waals surface area (Å²) in [5.74, 6) is 0.495. The maximum absolute atomic E-state index is 12.7. The number of carbonyl (C=O) groups excluding carboxylic acids is 1. The van der Waals surface area contributed by atoms with Crippen LogP contribution in [-0.4, -0.2) is 45.8 Å². The van der Waals surface area contributed by atoms with Gasteiger partial charge in [-0.3, -0.25) is 4.79 Å². The van der Waals surface area contributed by atoms with Gasteiger partial charge >= 0.3 is 0 Å². The molecule has 2 aromatic rings. The summed E-state index contributed by atoms with van der Waals surface area (Å²) in [7, 11) is -0.643. The van der Waals surface area contributed by atoms with Crippen LogP contribution in [0.5, 0.6) is 0 Å². The quantitative estimate of drug-likeness (QED) is 0.761. The van der Waals surface area contributed by atoms with Crippen LogP contribution >= 0.6 is 0 Å². The van der Waals surface area contributed by atoms with Crippen molar-refractivity contribution in [2.45, 2.75) is 37.6 Å². The first-order chi connectivity index (χ1) is 14.2. The first-order valence-electron chi connectivity index (χ1n) is 10.4. The molecule has 0 spiro atoms. The highest BCUT2D eigenvalue weighted by Crippen LogP contribution is 2.25. The average Bonchev–Trinajstić information content (AvgIpc) is 2.74. The van der Waals surface area contributed by atoms with Crippen molar-refractivity contribution >= 4 is 21.6 Å². The van der Waals surface area contributed by atoms with E-state index >= 15 is 0 Å². The Balaban J connectivity index is 1.67. The second-order valence-electron chi connectivity index (χ2n) is 8.27. The Morgan fingerprint density at radius 2 is 1.73 bits per heavy atom. The molecule has 0 saturated carbocycles. The van der Waals surface area contributed by atoms with E-state index in [4.69, 9.17) is 0 Å². The fourth-order valence-electron chi connectivity index (χ4n) is 3.61. The first-order valence-corrected chi connectivity index (χ1v) is 11.8. The largest absolute Gasteiger partial charge is 0.372 e. The van der Waals surface area contributed by atoms with E-state index < -0.39 is 10.0 Å². The molecule has 1 saturated heterocycles. The van der Waals surface area contributed by atoms with Gasteiger partial charge in [0.1, 0.15) is 0 Å². The van der Waals surface area contributed by atoms with Gasteiger partial charge in [0.25, 0.3) is 5.91 Å². The monoisotopic (exact) mass is 429 g/mol. The number of amides is 1. The number of nitrogens with one attached hydrogen (secondary N) is 1. The topological polar surface area (TPSA) is 69.7 Å². The summed E-state index contributed by atoms with van der Waals surface area (Å²) in [5.41, 5.74) is 2.55. The van der Waals surface area contributed by atoms with Gasteiger partial charge in [-0.05, 0) is 61.6 Å². The lowest BCUT2D eigenvalue weighted by Crippen LogP contribution is -2.32. The molecular weight excluding hydrogens is 398 g/mol. The average molecular weight is 430 g/mol. The van der Waals surface area contributed by atoms with Crippen molar-refractivity contribution in [1.29, 1.82) is 0 Å². The zero-order valence-electron chi connectivity index (χ0n) is 18.1. The maximum atomic E-state index is 12.7. The normalized spacial score (nSPS) is 16.5. The van der Waals surface area contributed by atoms with Crippen LogP contribution in [0.3, 0.4) is 0 Å². The summed E-state index contributed by atoms with van der Waals surface area (Å²) >= 11 is 0. The zero-order chi connectivity index (χ0) is 21.9. The van der Waals surface area contributed by atoms with Gasteiger partial charge in [0.05, 0.1) is 10.9 Å². The molecule has 7 heteroatoms. The summed E-state index contributed by atoms with van der Waals surface area (Å²) in [4.78, 5) is 15.2. The number of hydrogen-bond acceptors (Lipinski definition) is 4. The van der Waals surface area contributed by atoms with Crippen molar-refractivity contribution in [3.8, 4) is 0 Å². The molecule has 1 amide bonds. The van der Waals surface area contributed by atoms with Crippen molar-refractivity contribution in [3.05, 3.63) is 59.7 Å². The van der Waals surface area contributed by atoms with Crippen LogP contribution in [0.4, 0.5) is 5.69 Å². The van der Waals surface area contributed by atoms with E-state index in [0.29, 0.717) is 5.56 Å². The number of piperidine rings is 1. The Bertz CT molecular complexity index is 979. The number of carbonyl (C=O) groups is 1. The minimum Gasteiger partial charge on any atom is -0.372 e. The molecule has 30 heavy (non-hydrogen) atoms. The van der Waals surface area contributed by atoms with Crippen LogP contribution in [0.2, 0.25) is 0 Å². The van der Waals surface area contributed by atoms with Gasteiger partial charge < -0.3 is 10.2 Å². The number of benzene rings is 2. The van der Waals surface area contributed by atoms with Crippen LogP contribution < -0.4 is 10.2 Å². The van der Waals surface area contributed by atoms with E-state index in [9.17, 15) is 13.2 Å². The Hall–Kier alpha value is -2.38. The van der Waals surface area contributed by atoms with Gasteiger partial charge in [-0.1, -0.05) is 25.1 Å². The van der Waals surface area contributed by atoms with Crippen molar-refractivity contribution in [3.63, 3.8) is 0 Å². The van der Waals surface area contributed by atoms with Crippen LogP contribution in [0.15, 0.2) is 53.4 Å². The fraction of sp³-hybridized carbons (Fsp3) is 0.435. The molecule has 1 N–H and O–H groups in total. The first kappa shape index (κ1) is 22.3. The number of anilines is 1. The minimum atomic E-state index is -3.58. The molecule has 2 aromatic carbocycles.